The molecule has 1 aliphatic rings. The Morgan fingerprint density at radius 1 is 1.26 bits per heavy atom. The molecule has 1 aromatic rings. The Hall–Kier alpha value is -0.920. The van der Waals surface area contributed by atoms with Crippen LogP contribution >= 0.6 is 11.3 Å². The van der Waals surface area contributed by atoms with Gasteiger partial charge in [-0.3, -0.25) is 0 Å². The maximum absolute atomic E-state index is 9.14. The third-order valence-corrected chi connectivity index (χ3v) is 4.72. The minimum absolute atomic E-state index is 0.345. The van der Waals surface area contributed by atoms with E-state index in [1.165, 1.54) is 38.8 Å². The van der Waals surface area contributed by atoms with Gasteiger partial charge in [-0.15, -0.1) is 11.3 Å². The molecule has 2 heterocycles. The van der Waals surface area contributed by atoms with E-state index in [9.17, 15) is 0 Å². The molecule has 4 heteroatoms. The lowest BCUT2D eigenvalue weighted by atomic mass is 10.1. The topological polar surface area (TPSA) is 39.9 Å². The highest BCUT2D eigenvalue weighted by Crippen LogP contribution is 2.24. The lowest BCUT2D eigenvalue weighted by molar-refractivity contribution is 0.288. The number of likely N-dealkylation sites (tertiary alicyclic amines) is 1. The van der Waals surface area contributed by atoms with Crippen LogP contribution in [0.4, 0.5) is 0 Å². The molecule has 1 fully saturated rings. The van der Waals surface area contributed by atoms with Gasteiger partial charge in [0, 0.05) is 13.0 Å². The van der Waals surface area contributed by atoms with Crippen molar-refractivity contribution >= 4 is 11.3 Å². The lowest BCUT2D eigenvalue weighted by Gasteiger charge is -2.18. The van der Waals surface area contributed by atoms with Crippen molar-refractivity contribution in [1.82, 2.24) is 9.88 Å². The molecule has 0 aliphatic carbocycles. The number of nitriles is 1. The van der Waals surface area contributed by atoms with Crippen LogP contribution in [0.15, 0.2) is 0 Å². The van der Waals surface area contributed by atoms with Crippen LogP contribution < -0.4 is 0 Å². The van der Waals surface area contributed by atoms with E-state index in [-0.39, 0.29) is 0 Å². The monoisotopic (exact) mass is 277 g/mol. The number of thiazole rings is 1. The summed E-state index contributed by atoms with van der Waals surface area (Å²) in [6.45, 7) is 7.76. The summed E-state index contributed by atoms with van der Waals surface area (Å²) in [6.07, 6.45) is 6.41. The summed E-state index contributed by atoms with van der Waals surface area (Å²) < 4.78 is 0. The normalized spacial score (nSPS) is 17.4. The Morgan fingerprint density at radius 2 is 1.95 bits per heavy atom. The van der Waals surface area contributed by atoms with Gasteiger partial charge in [-0.1, -0.05) is 26.7 Å². The molecular formula is C15H23N3S. The quantitative estimate of drug-likeness (QED) is 0.845. The van der Waals surface area contributed by atoms with E-state index in [2.05, 4.69) is 29.8 Å². The first-order valence-electron chi connectivity index (χ1n) is 7.32. The highest BCUT2D eigenvalue weighted by Gasteiger charge is 2.15. The van der Waals surface area contributed by atoms with Gasteiger partial charge in [0.25, 0.3) is 0 Å². The molecule has 0 bridgehead atoms. The van der Waals surface area contributed by atoms with Crippen molar-refractivity contribution in [3.8, 4) is 6.07 Å². The van der Waals surface area contributed by atoms with Gasteiger partial charge in [0.05, 0.1) is 10.7 Å². The summed E-state index contributed by atoms with van der Waals surface area (Å²) in [4.78, 5) is 8.02. The lowest BCUT2D eigenvalue weighted by Crippen LogP contribution is -2.26. The Morgan fingerprint density at radius 3 is 2.47 bits per heavy atom. The van der Waals surface area contributed by atoms with Crippen molar-refractivity contribution in [2.24, 2.45) is 0 Å². The minimum atomic E-state index is 0.345. The van der Waals surface area contributed by atoms with Gasteiger partial charge < -0.3 is 4.90 Å². The van der Waals surface area contributed by atoms with Crippen LogP contribution in [-0.4, -0.2) is 29.5 Å². The van der Waals surface area contributed by atoms with Gasteiger partial charge in [0.2, 0.25) is 0 Å². The van der Waals surface area contributed by atoms with Crippen LogP contribution in [0.1, 0.15) is 61.0 Å². The summed E-state index contributed by atoms with van der Waals surface area (Å²) in [7, 11) is 0. The second-order valence-electron chi connectivity index (χ2n) is 5.59. The zero-order valence-corrected chi connectivity index (χ0v) is 12.8. The molecule has 0 N–H and O–H groups in total. The molecule has 0 aromatic carbocycles. The first-order chi connectivity index (χ1) is 9.20. The van der Waals surface area contributed by atoms with Gasteiger partial charge >= 0.3 is 0 Å². The van der Waals surface area contributed by atoms with E-state index < -0.39 is 0 Å². The molecule has 2 rings (SSSR count). The maximum atomic E-state index is 9.14. The summed E-state index contributed by atoms with van der Waals surface area (Å²) in [5.74, 6) is 0.345. The van der Waals surface area contributed by atoms with Gasteiger partial charge in [-0.05, 0) is 31.8 Å². The van der Waals surface area contributed by atoms with Gasteiger partial charge in [0.1, 0.15) is 10.9 Å². The molecule has 0 unspecified atom stereocenters. The van der Waals surface area contributed by atoms with E-state index >= 15 is 0 Å². The van der Waals surface area contributed by atoms with E-state index in [4.69, 9.17) is 5.26 Å². The third-order valence-electron chi connectivity index (χ3n) is 3.69. The smallest absolute Gasteiger partial charge is 0.128 e. The fourth-order valence-electron chi connectivity index (χ4n) is 2.57. The molecule has 3 nitrogen and oxygen atoms in total. The van der Waals surface area contributed by atoms with Crippen LogP contribution in [0.5, 0.6) is 0 Å². The van der Waals surface area contributed by atoms with Crippen LogP contribution in [0, 0.1) is 11.3 Å². The van der Waals surface area contributed by atoms with Crippen molar-refractivity contribution in [3.05, 3.63) is 15.6 Å². The van der Waals surface area contributed by atoms with E-state index in [1.807, 2.05) is 0 Å². The molecule has 0 saturated carbocycles. The molecule has 19 heavy (non-hydrogen) atoms. The molecule has 0 radical (unpaired) electrons. The first kappa shape index (κ1) is 14.5. The fourth-order valence-corrected chi connectivity index (χ4v) is 3.57. The van der Waals surface area contributed by atoms with E-state index in [1.54, 1.807) is 11.3 Å². The van der Waals surface area contributed by atoms with Crippen molar-refractivity contribution < 1.29 is 0 Å². The van der Waals surface area contributed by atoms with Crippen LogP contribution in [0.3, 0.4) is 0 Å². The molecule has 1 saturated heterocycles. The van der Waals surface area contributed by atoms with Crippen molar-refractivity contribution in [2.45, 2.75) is 51.9 Å². The molecule has 104 valence electrons. The predicted octanol–water partition coefficient (Wildman–Crippen LogP) is 3.56. The first-order valence-corrected chi connectivity index (χ1v) is 8.14. The van der Waals surface area contributed by atoms with Crippen LogP contribution in [-0.2, 0) is 6.42 Å². The van der Waals surface area contributed by atoms with Gasteiger partial charge in [0.15, 0.2) is 0 Å². The summed E-state index contributed by atoms with van der Waals surface area (Å²) >= 11 is 1.58. The summed E-state index contributed by atoms with van der Waals surface area (Å²) in [5.41, 5.74) is 0.985. The Balaban J connectivity index is 1.94. The Kier molecular flexibility index (Phi) is 5.35. The van der Waals surface area contributed by atoms with Gasteiger partial charge in [-0.2, -0.15) is 5.26 Å². The zero-order chi connectivity index (χ0) is 13.7. The number of rotatable bonds is 4. The minimum Gasteiger partial charge on any atom is -0.303 e. The van der Waals surface area contributed by atoms with Crippen molar-refractivity contribution in [2.75, 3.05) is 19.6 Å². The molecule has 1 aliphatic heterocycles. The van der Waals surface area contributed by atoms with E-state index in [0.717, 1.165) is 28.5 Å². The largest absolute Gasteiger partial charge is 0.303 e. The van der Waals surface area contributed by atoms with Crippen molar-refractivity contribution in [1.29, 1.82) is 5.26 Å². The van der Waals surface area contributed by atoms with Crippen molar-refractivity contribution in [3.63, 3.8) is 0 Å². The molecule has 1 aromatic heterocycles. The second kappa shape index (κ2) is 7.02. The second-order valence-corrected chi connectivity index (χ2v) is 6.68. The Bertz CT molecular complexity index is 437. The summed E-state index contributed by atoms with van der Waals surface area (Å²) in [5, 5.41) is 10.3. The molecule has 0 spiro atoms. The number of hydrogen-bond acceptors (Lipinski definition) is 4. The predicted molar refractivity (Wildman–Crippen MR) is 79.5 cm³/mol. The average molecular weight is 277 g/mol. The molecular weight excluding hydrogens is 254 g/mol. The average Bonchev–Trinajstić information content (AvgIpc) is 2.64. The highest BCUT2D eigenvalue weighted by atomic mass is 32.1. The highest BCUT2D eigenvalue weighted by molar-refractivity contribution is 7.12. The fraction of sp³-hybridized carbons (Fsp3) is 0.733. The molecule has 0 amide bonds. The number of hydrogen-bond donors (Lipinski definition) is 0. The number of aromatic nitrogens is 1. The Labute approximate surface area is 120 Å². The maximum Gasteiger partial charge on any atom is 0.128 e. The van der Waals surface area contributed by atoms with Crippen LogP contribution in [0.2, 0.25) is 0 Å². The molecule has 0 atom stereocenters. The standard InChI is InChI=1S/C15H23N3S/c1-12(2)15-13(11-16)19-14(17-15)7-10-18-8-5-3-4-6-9-18/h12H,3-10H2,1-2H3. The summed E-state index contributed by atoms with van der Waals surface area (Å²) in [6, 6.07) is 2.29. The number of nitrogens with zero attached hydrogens (tertiary/aromatic N) is 3. The SMILES string of the molecule is CC(C)c1nc(CCN2CCCCCC2)sc1C#N. The third kappa shape index (κ3) is 4.02. The zero-order valence-electron chi connectivity index (χ0n) is 12.0. The van der Waals surface area contributed by atoms with Crippen LogP contribution in [0.25, 0.3) is 0 Å². The van der Waals surface area contributed by atoms with E-state index in [0.29, 0.717) is 5.92 Å². The van der Waals surface area contributed by atoms with Gasteiger partial charge in [-0.25, -0.2) is 4.98 Å².